The van der Waals surface area contributed by atoms with E-state index >= 15 is 0 Å². The number of phenols is 1. The smallest absolute Gasteiger partial charge is 0.339 e. The number of carbonyl (C=O) groups is 1. The van der Waals surface area contributed by atoms with Gasteiger partial charge in [0, 0.05) is 18.4 Å². The Bertz CT molecular complexity index is 783. The molecule has 4 heteroatoms. The highest BCUT2D eigenvalue weighted by molar-refractivity contribution is 5.94. The van der Waals surface area contributed by atoms with Gasteiger partial charge in [0.15, 0.2) is 0 Å². The number of hydrogen-bond acceptors (Lipinski definition) is 4. The van der Waals surface area contributed by atoms with Crippen LogP contribution in [0.25, 0.3) is 11.0 Å². The Balaban J connectivity index is 2.35. The zero-order valence-corrected chi connectivity index (χ0v) is 10.9. The first kappa shape index (κ1) is 12.7. The third-order valence-corrected chi connectivity index (χ3v) is 3.66. The van der Waals surface area contributed by atoms with Crippen LogP contribution in [-0.4, -0.2) is 10.9 Å². The van der Waals surface area contributed by atoms with Gasteiger partial charge in [0.05, 0.1) is 5.39 Å². The van der Waals surface area contributed by atoms with E-state index in [-0.39, 0.29) is 18.0 Å². The van der Waals surface area contributed by atoms with Gasteiger partial charge in [0.2, 0.25) is 0 Å². The molecule has 102 valence electrons. The summed E-state index contributed by atoms with van der Waals surface area (Å²) < 4.78 is 5.30. The Morgan fingerprint density at radius 1 is 1.25 bits per heavy atom. The van der Waals surface area contributed by atoms with Gasteiger partial charge in [-0.05, 0) is 36.1 Å². The van der Waals surface area contributed by atoms with Crippen molar-refractivity contribution >= 4 is 16.8 Å². The van der Waals surface area contributed by atoms with Gasteiger partial charge < -0.3 is 9.52 Å². The van der Waals surface area contributed by atoms with Gasteiger partial charge in [-0.15, -0.1) is 6.58 Å². The average Bonchev–Trinajstić information content (AvgIpc) is 2.38. The lowest BCUT2D eigenvalue weighted by Crippen LogP contribution is -2.21. The standard InChI is InChI=1S/C16H14O4/c1-2-3-9-6-13(18)15-12-8-10(17)4-5-11(12)16(19)20-14(15)7-9/h2,6-7,18H,1,3-5,8H2. The number of benzene rings is 1. The minimum Gasteiger partial charge on any atom is -0.507 e. The van der Waals surface area contributed by atoms with Crippen LogP contribution >= 0.6 is 0 Å². The van der Waals surface area contributed by atoms with E-state index < -0.39 is 5.63 Å². The Morgan fingerprint density at radius 3 is 2.80 bits per heavy atom. The summed E-state index contributed by atoms with van der Waals surface area (Å²) in [5.41, 5.74) is 1.88. The quantitative estimate of drug-likeness (QED) is 0.671. The highest BCUT2D eigenvalue weighted by Gasteiger charge is 2.24. The zero-order chi connectivity index (χ0) is 14.3. The van der Waals surface area contributed by atoms with E-state index in [9.17, 15) is 14.7 Å². The second-order valence-electron chi connectivity index (χ2n) is 5.04. The molecule has 0 amide bonds. The van der Waals surface area contributed by atoms with E-state index in [2.05, 4.69) is 6.58 Å². The molecule has 1 aromatic heterocycles. The molecule has 20 heavy (non-hydrogen) atoms. The van der Waals surface area contributed by atoms with Crippen LogP contribution in [0.1, 0.15) is 23.1 Å². The molecule has 0 unspecified atom stereocenters. The van der Waals surface area contributed by atoms with Crippen molar-refractivity contribution in [3.05, 3.63) is 51.9 Å². The maximum Gasteiger partial charge on any atom is 0.339 e. The summed E-state index contributed by atoms with van der Waals surface area (Å²) in [5, 5.41) is 10.7. The third-order valence-electron chi connectivity index (χ3n) is 3.66. The molecule has 3 rings (SSSR count). The predicted molar refractivity (Wildman–Crippen MR) is 75.1 cm³/mol. The topological polar surface area (TPSA) is 67.5 Å². The fourth-order valence-electron chi connectivity index (χ4n) is 2.76. The average molecular weight is 270 g/mol. The molecule has 2 aromatic rings. The Hall–Kier alpha value is -2.36. The summed E-state index contributed by atoms with van der Waals surface area (Å²) in [6.45, 7) is 3.64. The fraction of sp³-hybridized carbons (Fsp3) is 0.250. The summed E-state index contributed by atoms with van der Waals surface area (Å²) >= 11 is 0. The van der Waals surface area contributed by atoms with Crippen LogP contribution in [0.5, 0.6) is 5.75 Å². The van der Waals surface area contributed by atoms with Crippen LogP contribution in [0.2, 0.25) is 0 Å². The van der Waals surface area contributed by atoms with E-state index in [0.29, 0.717) is 41.4 Å². The molecule has 0 radical (unpaired) electrons. The van der Waals surface area contributed by atoms with Gasteiger partial charge in [-0.3, -0.25) is 4.79 Å². The Kier molecular flexibility index (Phi) is 2.93. The number of phenolic OH excluding ortho intramolecular Hbond substituents is 1. The van der Waals surface area contributed by atoms with Gasteiger partial charge in [-0.1, -0.05) is 6.08 Å². The second-order valence-corrected chi connectivity index (χ2v) is 5.04. The predicted octanol–water partition coefficient (Wildman–Crippen LogP) is 2.28. The van der Waals surface area contributed by atoms with E-state index in [0.717, 1.165) is 5.56 Å². The molecule has 1 heterocycles. The van der Waals surface area contributed by atoms with Crippen molar-refractivity contribution in [2.75, 3.05) is 0 Å². The lowest BCUT2D eigenvalue weighted by molar-refractivity contribution is -0.118. The van der Waals surface area contributed by atoms with E-state index in [1.54, 1.807) is 18.2 Å². The molecule has 4 nitrogen and oxygen atoms in total. The lowest BCUT2D eigenvalue weighted by atomic mass is 9.89. The van der Waals surface area contributed by atoms with Crippen LogP contribution in [0.4, 0.5) is 0 Å². The lowest BCUT2D eigenvalue weighted by Gasteiger charge is -2.16. The van der Waals surface area contributed by atoms with Gasteiger partial charge in [-0.25, -0.2) is 4.79 Å². The van der Waals surface area contributed by atoms with Gasteiger partial charge in [0.1, 0.15) is 17.1 Å². The molecule has 0 spiro atoms. The summed E-state index contributed by atoms with van der Waals surface area (Å²) in [6, 6.07) is 3.35. The Labute approximate surface area is 115 Å². The molecular formula is C16H14O4. The van der Waals surface area contributed by atoms with Crippen LogP contribution in [0.15, 0.2) is 34.0 Å². The number of ketones is 1. The molecule has 0 atom stereocenters. The minimum atomic E-state index is -0.407. The Morgan fingerprint density at radius 2 is 2.05 bits per heavy atom. The van der Waals surface area contributed by atoms with Gasteiger partial charge in [-0.2, -0.15) is 0 Å². The molecule has 1 aliphatic rings. The van der Waals surface area contributed by atoms with E-state index in [1.807, 2.05) is 0 Å². The van der Waals surface area contributed by atoms with Gasteiger partial charge in [0.25, 0.3) is 0 Å². The largest absolute Gasteiger partial charge is 0.507 e. The minimum absolute atomic E-state index is 0.0500. The van der Waals surface area contributed by atoms with Crippen LogP contribution in [-0.2, 0) is 24.1 Å². The zero-order valence-electron chi connectivity index (χ0n) is 10.9. The number of rotatable bonds is 2. The first-order valence-corrected chi connectivity index (χ1v) is 6.53. The monoisotopic (exact) mass is 270 g/mol. The third kappa shape index (κ3) is 1.93. The SMILES string of the molecule is C=CCc1cc(O)c2c3c(c(=O)oc2c1)CCC(=O)C3. The maximum atomic E-state index is 12.0. The molecule has 0 saturated heterocycles. The summed E-state index contributed by atoms with van der Waals surface area (Å²) in [7, 11) is 0. The molecule has 1 N–H and O–H groups in total. The number of hydrogen-bond donors (Lipinski definition) is 1. The van der Waals surface area contributed by atoms with Crippen LogP contribution in [0, 0.1) is 0 Å². The maximum absolute atomic E-state index is 12.0. The molecule has 0 bridgehead atoms. The van der Waals surface area contributed by atoms with Crippen molar-refractivity contribution in [1.82, 2.24) is 0 Å². The molecule has 0 aliphatic heterocycles. The van der Waals surface area contributed by atoms with Crippen molar-refractivity contribution in [2.45, 2.75) is 25.7 Å². The summed E-state index contributed by atoms with van der Waals surface area (Å²) in [4.78, 5) is 23.6. The number of allylic oxidation sites excluding steroid dienone is 1. The van der Waals surface area contributed by atoms with Crippen LogP contribution in [0.3, 0.4) is 0 Å². The number of aromatic hydroxyl groups is 1. The van der Waals surface area contributed by atoms with Crippen molar-refractivity contribution in [2.24, 2.45) is 0 Å². The highest BCUT2D eigenvalue weighted by Crippen LogP contribution is 2.33. The van der Waals surface area contributed by atoms with Crippen molar-refractivity contribution in [3.63, 3.8) is 0 Å². The summed E-state index contributed by atoms with van der Waals surface area (Å²) in [6.07, 6.45) is 3.22. The number of carbonyl (C=O) groups excluding carboxylic acids is 1. The second kappa shape index (κ2) is 4.63. The molecule has 1 aliphatic carbocycles. The van der Waals surface area contributed by atoms with E-state index in [4.69, 9.17) is 4.42 Å². The van der Waals surface area contributed by atoms with E-state index in [1.165, 1.54) is 0 Å². The van der Waals surface area contributed by atoms with Crippen LogP contribution < -0.4 is 5.63 Å². The normalized spacial score (nSPS) is 14.3. The van der Waals surface area contributed by atoms with Gasteiger partial charge >= 0.3 is 5.63 Å². The highest BCUT2D eigenvalue weighted by atomic mass is 16.4. The van der Waals surface area contributed by atoms with Crippen molar-refractivity contribution < 1.29 is 14.3 Å². The first-order valence-electron chi connectivity index (χ1n) is 6.53. The molecule has 0 fully saturated rings. The molecular weight excluding hydrogens is 256 g/mol. The first-order chi connectivity index (χ1) is 9.60. The van der Waals surface area contributed by atoms with Crippen molar-refractivity contribution in [3.8, 4) is 5.75 Å². The van der Waals surface area contributed by atoms with Crippen molar-refractivity contribution in [1.29, 1.82) is 0 Å². The number of Topliss-reactive ketones (excluding diaryl/α,β-unsaturated/α-hetero) is 1. The number of fused-ring (bicyclic) bond motifs is 3. The summed E-state index contributed by atoms with van der Waals surface area (Å²) in [5.74, 6) is 0.132. The fourth-order valence-corrected chi connectivity index (χ4v) is 2.76. The molecule has 0 saturated carbocycles. The molecule has 1 aromatic carbocycles.